The Bertz CT molecular complexity index is 383. The number of hydrogen-bond acceptors (Lipinski definition) is 2. The summed E-state index contributed by atoms with van der Waals surface area (Å²) < 4.78 is 0. The molecule has 1 aliphatic rings. The van der Waals surface area contributed by atoms with E-state index in [0.717, 1.165) is 48.5 Å². The van der Waals surface area contributed by atoms with Crippen molar-refractivity contribution in [2.24, 2.45) is 41.2 Å². The Balaban J connectivity index is 2.61. The van der Waals surface area contributed by atoms with Gasteiger partial charge in [0.2, 0.25) is 0 Å². The first kappa shape index (κ1) is 27.0. The number of rotatable bonds is 16. The number of hydrogen-bond donors (Lipinski definition) is 2. The molecule has 0 spiro atoms. The first-order valence-corrected chi connectivity index (χ1v) is 13.4. The third kappa shape index (κ3) is 10.2. The van der Waals surface area contributed by atoms with Gasteiger partial charge in [0.1, 0.15) is 0 Å². The summed E-state index contributed by atoms with van der Waals surface area (Å²) in [6.45, 7) is 16.5. The van der Waals surface area contributed by atoms with Gasteiger partial charge in [-0.1, -0.05) is 79.6 Å². The maximum absolute atomic E-state index is 5.97. The van der Waals surface area contributed by atoms with E-state index in [9.17, 15) is 0 Å². The molecule has 0 aromatic rings. The summed E-state index contributed by atoms with van der Waals surface area (Å²) in [5.74, 6) is 5.24. The Morgan fingerprint density at radius 2 is 1.62 bits per heavy atom. The molecule has 0 amide bonds. The summed E-state index contributed by atoms with van der Waals surface area (Å²) in [5.41, 5.74) is 5.97. The lowest BCUT2D eigenvalue weighted by molar-refractivity contribution is 0.141. The summed E-state index contributed by atoms with van der Waals surface area (Å²) in [4.78, 5) is 0. The molecule has 0 radical (unpaired) electrons. The molecule has 0 saturated heterocycles. The molecule has 2 nitrogen and oxygen atoms in total. The highest BCUT2D eigenvalue weighted by Gasteiger charge is 2.30. The Hall–Kier alpha value is -0.0800. The highest BCUT2D eigenvalue weighted by atomic mass is 14.9. The van der Waals surface area contributed by atoms with Gasteiger partial charge in [-0.2, -0.15) is 0 Å². The van der Waals surface area contributed by atoms with E-state index in [1.54, 1.807) is 0 Å². The molecule has 1 aliphatic carbocycles. The van der Waals surface area contributed by atoms with Crippen molar-refractivity contribution in [1.82, 2.24) is 5.32 Å². The zero-order valence-electron chi connectivity index (χ0n) is 21.0. The Morgan fingerprint density at radius 1 is 0.931 bits per heavy atom. The molecule has 0 aromatic heterocycles. The zero-order chi connectivity index (χ0) is 21.6. The van der Waals surface area contributed by atoms with Crippen LogP contribution in [0.4, 0.5) is 0 Å². The molecule has 1 fully saturated rings. The zero-order valence-corrected chi connectivity index (χ0v) is 21.0. The molecule has 0 bridgehead atoms. The van der Waals surface area contributed by atoms with Gasteiger partial charge in [0.25, 0.3) is 0 Å². The summed E-state index contributed by atoms with van der Waals surface area (Å²) in [6, 6.07) is 0.589. The van der Waals surface area contributed by atoms with Crippen molar-refractivity contribution in [1.29, 1.82) is 0 Å². The predicted molar refractivity (Wildman–Crippen MR) is 131 cm³/mol. The highest BCUT2D eigenvalue weighted by Crippen LogP contribution is 2.39. The summed E-state index contributed by atoms with van der Waals surface area (Å²) in [6.07, 6.45) is 16.5. The normalized spacial score (nSPS) is 25.3. The molecular weight excluding hydrogens is 352 g/mol. The van der Waals surface area contributed by atoms with Crippen LogP contribution in [0.2, 0.25) is 0 Å². The summed E-state index contributed by atoms with van der Waals surface area (Å²) >= 11 is 0. The monoisotopic (exact) mass is 408 g/mol. The SMILES string of the molecule is CCCC(C)CC(CCN)C(C)NCC(CCC)CC(CC)C1CCCCC1C. The highest BCUT2D eigenvalue weighted by molar-refractivity contribution is 4.82. The third-order valence-electron chi connectivity index (χ3n) is 8.10. The lowest BCUT2D eigenvalue weighted by Gasteiger charge is -2.37. The second kappa shape index (κ2) is 15.7. The van der Waals surface area contributed by atoms with Gasteiger partial charge >= 0.3 is 0 Å². The molecule has 7 atom stereocenters. The number of nitrogens with one attached hydrogen (secondary N) is 1. The molecule has 1 saturated carbocycles. The van der Waals surface area contributed by atoms with E-state index in [0.29, 0.717) is 6.04 Å². The fourth-order valence-electron chi connectivity index (χ4n) is 6.26. The predicted octanol–water partition coefficient (Wildman–Crippen LogP) is 7.41. The largest absolute Gasteiger partial charge is 0.330 e. The van der Waals surface area contributed by atoms with Crippen LogP contribution in [0.15, 0.2) is 0 Å². The van der Waals surface area contributed by atoms with Crippen LogP contribution in [0.5, 0.6) is 0 Å². The molecule has 2 heteroatoms. The molecule has 0 heterocycles. The van der Waals surface area contributed by atoms with E-state index in [4.69, 9.17) is 5.73 Å². The molecule has 0 aromatic carbocycles. The average molecular weight is 409 g/mol. The minimum atomic E-state index is 0.589. The van der Waals surface area contributed by atoms with Gasteiger partial charge in [0.15, 0.2) is 0 Å². The molecule has 1 rings (SSSR count). The number of nitrogens with two attached hydrogens (primary N) is 1. The fourth-order valence-corrected chi connectivity index (χ4v) is 6.26. The van der Waals surface area contributed by atoms with Crippen molar-refractivity contribution in [3.63, 3.8) is 0 Å². The molecule has 174 valence electrons. The first-order valence-electron chi connectivity index (χ1n) is 13.4. The van der Waals surface area contributed by atoms with Crippen LogP contribution < -0.4 is 11.1 Å². The average Bonchev–Trinajstić information content (AvgIpc) is 2.70. The van der Waals surface area contributed by atoms with Crippen molar-refractivity contribution < 1.29 is 0 Å². The van der Waals surface area contributed by atoms with Gasteiger partial charge in [-0.15, -0.1) is 0 Å². The maximum Gasteiger partial charge on any atom is 0.00676 e. The van der Waals surface area contributed by atoms with Gasteiger partial charge in [-0.05, 0) is 87.6 Å². The molecular formula is C27H56N2. The van der Waals surface area contributed by atoms with E-state index in [-0.39, 0.29) is 0 Å². The Kier molecular flexibility index (Phi) is 14.6. The van der Waals surface area contributed by atoms with E-state index in [1.807, 2.05) is 0 Å². The molecule has 29 heavy (non-hydrogen) atoms. The minimum absolute atomic E-state index is 0.589. The first-order chi connectivity index (χ1) is 14.0. The van der Waals surface area contributed by atoms with Crippen LogP contribution in [0.3, 0.4) is 0 Å². The van der Waals surface area contributed by atoms with E-state index >= 15 is 0 Å². The van der Waals surface area contributed by atoms with Crippen molar-refractivity contribution in [2.75, 3.05) is 13.1 Å². The quantitative estimate of drug-likeness (QED) is 0.279. The van der Waals surface area contributed by atoms with Gasteiger partial charge in [-0.25, -0.2) is 0 Å². The molecule has 3 N–H and O–H groups in total. The lowest BCUT2D eigenvalue weighted by Crippen LogP contribution is -2.39. The lowest BCUT2D eigenvalue weighted by atomic mass is 9.69. The molecule has 7 unspecified atom stereocenters. The standard InChI is InChI=1S/C27H56N2/c1-7-12-21(4)18-26(16-17-28)23(6)29-20-24(13-8-2)19-25(9-3)27-15-11-10-14-22(27)5/h21-27,29H,7-20,28H2,1-6H3. The smallest absolute Gasteiger partial charge is 0.00676 e. The van der Waals surface area contributed by atoms with Crippen LogP contribution >= 0.6 is 0 Å². The van der Waals surface area contributed by atoms with E-state index < -0.39 is 0 Å². The van der Waals surface area contributed by atoms with Crippen LogP contribution in [0, 0.1) is 35.5 Å². The summed E-state index contributed by atoms with van der Waals surface area (Å²) in [5, 5.41) is 3.99. The van der Waals surface area contributed by atoms with Crippen LogP contribution in [-0.4, -0.2) is 19.1 Å². The van der Waals surface area contributed by atoms with Gasteiger partial charge in [-0.3, -0.25) is 0 Å². The minimum Gasteiger partial charge on any atom is -0.330 e. The van der Waals surface area contributed by atoms with Crippen LogP contribution in [-0.2, 0) is 0 Å². The van der Waals surface area contributed by atoms with E-state index in [1.165, 1.54) is 77.2 Å². The van der Waals surface area contributed by atoms with Crippen molar-refractivity contribution >= 4 is 0 Å². The van der Waals surface area contributed by atoms with Crippen molar-refractivity contribution in [2.45, 2.75) is 125 Å². The third-order valence-corrected chi connectivity index (χ3v) is 8.10. The molecule has 0 aliphatic heterocycles. The summed E-state index contributed by atoms with van der Waals surface area (Å²) in [7, 11) is 0. The Morgan fingerprint density at radius 3 is 2.21 bits per heavy atom. The van der Waals surface area contributed by atoms with Gasteiger partial charge < -0.3 is 11.1 Å². The van der Waals surface area contributed by atoms with Crippen molar-refractivity contribution in [3.05, 3.63) is 0 Å². The Labute approximate surface area is 184 Å². The van der Waals surface area contributed by atoms with Crippen LogP contribution in [0.1, 0.15) is 119 Å². The van der Waals surface area contributed by atoms with Gasteiger partial charge in [0, 0.05) is 6.04 Å². The van der Waals surface area contributed by atoms with E-state index in [2.05, 4.69) is 46.9 Å². The maximum atomic E-state index is 5.97. The van der Waals surface area contributed by atoms with Gasteiger partial charge in [0.05, 0.1) is 0 Å². The van der Waals surface area contributed by atoms with Crippen LogP contribution in [0.25, 0.3) is 0 Å². The topological polar surface area (TPSA) is 38.0 Å². The van der Waals surface area contributed by atoms with Crippen molar-refractivity contribution in [3.8, 4) is 0 Å². The second-order valence-electron chi connectivity index (χ2n) is 10.6. The fraction of sp³-hybridized carbons (Fsp3) is 1.00. The second-order valence-corrected chi connectivity index (χ2v) is 10.6.